The predicted molar refractivity (Wildman–Crippen MR) is 64.7 cm³/mol. The summed E-state index contributed by atoms with van der Waals surface area (Å²) in [6.07, 6.45) is 2.21. The van der Waals surface area contributed by atoms with Crippen molar-refractivity contribution in [2.45, 2.75) is 25.8 Å². The highest BCUT2D eigenvalue weighted by Crippen LogP contribution is 2.28. The van der Waals surface area contributed by atoms with Gasteiger partial charge in [0.1, 0.15) is 6.04 Å². The summed E-state index contributed by atoms with van der Waals surface area (Å²) in [5.74, 6) is 0.00104. The maximum Gasteiger partial charge on any atom is 0.325 e. The topological polar surface area (TPSA) is 40.5 Å². The van der Waals surface area contributed by atoms with Crippen molar-refractivity contribution in [2.24, 2.45) is 5.92 Å². The summed E-state index contributed by atoms with van der Waals surface area (Å²) in [5, 5.41) is 13.2. The number of carboxylic acids is 1. The summed E-state index contributed by atoms with van der Waals surface area (Å²) in [4.78, 5) is 13.4. The summed E-state index contributed by atoms with van der Waals surface area (Å²) in [5.41, 5.74) is 0.923. The van der Waals surface area contributed by atoms with Gasteiger partial charge in [0, 0.05) is 0 Å². The lowest BCUT2D eigenvalue weighted by Crippen LogP contribution is -2.39. The van der Waals surface area contributed by atoms with Crippen LogP contribution < -0.4 is 0 Å². The second-order valence-corrected chi connectivity index (χ2v) is 5.30. The number of hydrogen-bond acceptors (Lipinski definition) is 3. The molecular weight excluding hydrogens is 222 g/mol. The lowest BCUT2D eigenvalue weighted by molar-refractivity contribution is -0.144. The molecule has 1 aliphatic rings. The second-order valence-electron chi connectivity index (χ2n) is 4.52. The largest absolute Gasteiger partial charge is 0.480 e. The monoisotopic (exact) mass is 239 g/mol. The van der Waals surface area contributed by atoms with Crippen LogP contribution in [0.2, 0.25) is 0 Å². The average Bonchev–Trinajstić information content (AvgIpc) is 2.74. The number of thiophene rings is 1. The van der Waals surface area contributed by atoms with Gasteiger partial charge in [0.15, 0.2) is 0 Å². The van der Waals surface area contributed by atoms with Crippen LogP contribution in [0.3, 0.4) is 0 Å². The molecule has 1 unspecified atom stereocenters. The number of nitrogens with zero attached hydrogens (tertiary/aromatic N) is 1. The molecule has 0 bridgehead atoms. The lowest BCUT2D eigenvalue weighted by Gasteiger charge is -2.34. The van der Waals surface area contributed by atoms with Gasteiger partial charge in [0.05, 0.1) is 0 Å². The highest BCUT2D eigenvalue weighted by molar-refractivity contribution is 7.08. The Balaban J connectivity index is 2.11. The number of carbonyl (C=O) groups is 1. The van der Waals surface area contributed by atoms with Crippen LogP contribution in [-0.4, -0.2) is 29.1 Å². The van der Waals surface area contributed by atoms with Gasteiger partial charge in [-0.1, -0.05) is 6.92 Å². The zero-order valence-corrected chi connectivity index (χ0v) is 10.2. The van der Waals surface area contributed by atoms with Crippen molar-refractivity contribution in [2.75, 3.05) is 13.1 Å². The third-order valence-electron chi connectivity index (χ3n) is 3.28. The third-order valence-corrected chi connectivity index (χ3v) is 3.98. The van der Waals surface area contributed by atoms with E-state index in [1.165, 1.54) is 0 Å². The van der Waals surface area contributed by atoms with Crippen LogP contribution in [0.15, 0.2) is 16.8 Å². The Morgan fingerprint density at radius 2 is 2.25 bits per heavy atom. The molecule has 1 N–H and O–H groups in total. The first-order valence-corrected chi connectivity index (χ1v) is 6.61. The minimum absolute atomic E-state index is 0.446. The number of hydrogen-bond donors (Lipinski definition) is 1. The van der Waals surface area contributed by atoms with Gasteiger partial charge in [-0.05, 0) is 54.2 Å². The zero-order valence-electron chi connectivity index (χ0n) is 9.43. The fourth-order valence-electron chi connectivity index (χ4n) is 2.23. The molecule has 1 atom stereocenters. The van der Waals surface area contributed by atoms with Crippen LogP contribution >= 0.6 is 11.3 Å². The van der Waals surface area contributed by atoms with E-state index in [9.17, 15) is 9.90 Å². The fourth-order valence-corrected chi connectivity index (χ4v) is 2.91. The minimum atomic E-state index is -0.729. The summed E-state index contributed by atoms with van der Waals surface area (Å²) in [6.45, 7) is 4.03. The number of carboxylic acid groups (broad SMARTS) is 1. The molecule has 0 aromatic carbocycles. The molecule has 0 amide bonds. The number of likely N-dealkylation sites (tertiary alicyclic amines) is 1. The Morgan fingerprint density at radius 3 is 2.75 bits per heavy atom. The lowest BCUT2D eigenvalue weighted by atomic mass is 9.96. The van der Waals surface area contributed by atoms with E-state index in [1.54, 1.807) is 11.3 Å². The molecule has 0 aliphatic carbocycles. The Morgan fingerprint density at radius 1 is 1.56 bits per heavy atom. The van der Waals surface area contributed by atoms with Crippen LogP contribution in [0.1, 0.15) is 31.4 Å². The average molecular weight is 239 g/mol. The number of piperidine rings is 1. The van der Waals surface area contributed by atoms with Crippen LogP contribution in [-0.2, 0) is 4.79 Å². The molecule has 2 rings (SSSR count). The number of aliphatic carboxylic acids is 1. The molecule has 16 heavy (non-hydrogen) atoms. The normalized spacial score (nSPS) is 20.8. The molecule has 0 saturated carbocycles. The van der Waals surface area contributed by atoms with E-state index in [0.717, 1.165) is 37.4 Å². The first-order chi connectivity index (χ1) is 7.68. The first kappa shape index (κ1) is 11.6. The molecule has 4 heteroatoms. The minimum Gasteiger partial charge on any atom is -0.480 e. The van der Waals surface area contributed by atoms with Crippen molar-refractivity contribution in [3.63, 3.8) is 0 Å². The van der Waals surface area contributed by atoms with Gasteiger partial charge in [0.25, 0.3) is 0 Å². The molecule has 0 radical (unpaired) electrons. The Labute approximate surface area is 99.7 Å². The molecular formula is C12H17NO2S. The maximum absolute atomic E-state index is 11.3. The highest BCUT2D eigenvalue weighted by Gasteiger charge is 2.29. The van der Waals surface area contributed by atoms with Crippen LogP contribution in [0.25, 0.3) is 0 Å². The van der Waals surface area contributed by atoms with Gasteiger partial charge in [-0.3, -0.25) is 9.69 Å². The van der Waals surface area contributed by atoms with Crippen molar-refractivity contribution >= 4 is 17.3 Å². The van der Waals surface area contributed by atoms with Crippen molar-refractivity contribution in [3.8, 4) is 0 Å². The van der Waals surface area contributed by atoms with Crippen LogP contribution in [0.4, 0.5) is 0 Å². The standard InChI is InChI=1S/C12H17NO2S/c1-9-2-5-13(6-3-9)11(12(14)15)10-4-7-16-8-10/h4,7-9,11H,2-3,5-6H2,1H3,(H,14,15). The fraction of sp³-hybridized carbons (Fsp3) is 0.583. The molecule has 1 aliphatic heterocycles. The third kappa shape index (κ3) is 2.44. The van der Waals surface area contributed by atoms with E-state index < -0.39 is 12.0 Å². The highest BCUT2D eigenvalue weighted by atomic mass is 32.1. The Hall–Kier alpha value is -0.870. The molecule has 1 fully saturated rings. The summed E-state index contributed by atoms with van der Waals surface area (Å²) in [6, 6.07) is 1.47. The molecule has 88 valence electrons. The van der Waals surface area contributed by atoms with Crippen molar-refractivity contribution < 1.29 is 9.90 Å². The van der Waals surface area contributed by atoms with Gasteiger partial charge in [-0.2, -0.15) is 11.3 Å². The van der Waals surface area contributed by atoms with Crippen molar-refractivity contribution in [3.05, 3.63) is 22.4 Å². The van der Waals surface area contributed by atoms with Crippen molar-refractivity contribution in [1.29, 1.82) is 0 Å². The zero-order chi connectivity index (χ0) is 11.5. The van der Waals surface area contributed by atoms with Gasteiger partial charge in [-0.25, -0.2) is 0 Å². The van der Waals surface area contributed by atoms with Crippen LogP contribution in [0, 0.1) is 5.92 Å². The summed E-state index contributed by atoms with van der Waals surface area (Å²) >= 11 is 1.56. The van der Waals surface area contributed by atoms with Gasteiger partial charge >= 0.3 is 5.97 Å². The van der Waals surface area contributed by atoms with E-state index in [-0.39, 0.29) is 0 Å². The van der Waals surface area contributed by atoms with E-state index in [1.807, 2.05) is 16.8 Å². The Kier molecular flexibility index (Phi) is 3.61. The Bertz CT molecular complexity index is 342. The van der Waals surface area contributed by atoms with E-state index in [2.05, 4.69) is 11.8 Å². The van der Waals surface area contributed by atoms with Crippen molar-refractivity contribution in [1.82, 2.24) is 4.90 Å². The van der Waals surface area contributed by atoms with Crippen LogP contribution in [0.5, 0.6) is 0 Å². The quantitative estimate of drug-likeness (QED) is 0.881. The SMILES string of the molecule is CC1CCN(C(C(=O)O)c2ccsc2)CC1. The smallest absolute Gasteiger partial charge is 0.325 e. The van der Waals surface area contributed by atoms with Gasteiger partial charge in [-0.15, -0.1) is 0 Å². The second kappa shape index (κ2) is 4.97. The summed E-state index contributed by atoms with van der Waals surface area (Å²) < 4.78 is 0. The molecule has 1 saturated heterocycles. The number of rotatable bonds is 3. The molecule has 1 aromatic rings. The van der Waals surface area contributed by atoms with Gasteiger partial charge < -0.3 is 5.11 Å². The summed E-state index contributed by atoms with van der Waals surface area (Å²) in [7, 11) is 0. The first-order valence-electron chi connectivity index (χ1n) is 5.67. The molecule has 0 spiro atoms. The molecule has 1 aromatic heterocycles. The van der Waals surface area contributed by atoms with E-state index in [4.69, 9.17) is 0 Å². The van der Waals surface area contributed by atoms with Gasteiger partial charge in [0.2, 0.25) is 0 Å². The van der Waals surface area contributed by atoms with E-state index >= 15 is 0 Å². The predicted octanol–water partition coefficient (Wildman–Crippen LogP) is 2.61. The maximum atomic E-state index is 11.3. The molecule has 3 nitrogen and oxygen atoms in total. The van der Waals surface area contributed by atoms with E-state index in [0.29, 0.717) is 0 Å². The molecule has 2 heterocycles.